The van der Waals surface area contributed by atoms with Gasteiger partial charge in [-0.25, -0.2) is 0 Å². The Hall–Kier alpha value is -1.88. The van der Waals surface area contributed by atoms with Crippen molar-refractivity contribution in [3.8, 4) is 0 Å². The van der Waals surface area contributed by atoms with Gasteiger partial charge in [-0.2, -0.15) is 0 Å². The topological polar surface area (TPSA) is 75.4 Å². The van der Waals surface area contributed by atoms with Gasteiger partial charge in [-0.05, 0) is 56.7 Å². The minimum absolute atomic E-state index is 0.0258. The second-order valence-corrected chi connectivity index (χ2v) is 6.86. The van der Waals surface area contributed by atoms with Crippen LogP contribution in [0, 0.1) is 11.8 Å². The van der Waals surface area contributed by atoms with E-state index in [-0.39, 0.29) is 23.8 Å². The Kier molecular flexibility index (Phi) is 4.66. The number of amides is 2. The fourth-order valence-electron chi connectivity index (χ4n) is 3.13. The van der Waals surface area contributed by atoms with Gasteiger partial charge in [0.15, 0.2) is 0 Å². The summed E-state index contributed by atoms with van der Waals surface area (Å²) in [5, 5.41) is 2.90. The first kappa shape index (κ1) is 16.0. The summed E-state index contributed by atoms with van der Waals surface area (Å²) in [5.74, 6) is 0.608. The Bertz CT molecular complexity index is 596. The third-order valence-corrected chi connectivity index (χ3v) is 4.81. The molecule has 2 aliphatic rings. The molecule has 0 aromatic heterocycles. The summed E-state index contributed by atoms with van der Waals surface area (Å²) >= 11 is 0. The van der Waals surface area contributed by atoms with E-state index in [1.165, 1.54) is 0 Å². The number of benzene rings is 1. The number of rotatable bonds is 4. The summed E-state index contributed by atoms with van der Waals surface area (Å²) in [6, 6.07) is 7.35. The molecule has 1 aromatic carbocycles. The Morgan fingerprint density at radius 1 is 1.30 bits per heavy atom. The predicted octanol–water partition coefficient (Wildman–Crippen LogP) is 2.23. The summed E-state index contributed by atoms with van der Waals surface area (Å²) in [6.07, 6.45) is 4.02. The van der Waals surface area contributed by atoms with Crippen molar-refractivity contribution in [1.82, 2.24) is 4.90 Å². The van der Waals surface area contributed by atoms with Crippen molar-refractivity contribution >= 4 is 17.5 Å². The Labute approximate surface area is 137 Å². The van der Waals surface area contributed by atoms with E-state index in [1.54, 1.807) is 6.07 Å². The van der Waals surface area contributed by atoms with E-state index in [4.69, 9.17) is 5.73 Å². The monoisotopic (exact) mass is 315 g/mol. The second-order valence-electron chi connectivity index (χ2n) is 6.86. The Morgan fingerprint density at radius 2 is 2.09 bits per heavy atom. The zero-order valence-corrected chi connectivity index (χ0v) is 13.6. The number of carbonyl (C=O) groups is 2. The molecule has 0 bridgehead atoms. The summed E-state index contributed by atoms with van der Waals surface area (Å²) < 4.78 is 0. The maximum Gasteiger partial charge on any atom is 0.253 e. The molecule has 1 aliphatic heterocycles. The van der Waals surface area contributed by atoms with Crippen molar-refractivity contribution in [3.05, 3.63) is 29.8 Å². The van der Waals surface area contributed by atoms with Crippen LogP contribution in [0.15, 0.2) is 24.3 Å². The number of likely N-dealkylation sites (tertiary alicyclic amines) is 1. The van der Waals surface area contributed by atoms with Crippen LogP contribution in [-0.2, 0) is 4.79 Å². The highest BCUT2D eigenvalue weighted by Gasteiger charge is 2.30. The number of nitrogens with zero attached hydrogens (tertiary/aromatic N) is 1. The summed E-state index contributed by atoms with van der Waals surface area (Å²) in [5.41, 5.74) is 7.33. The van der Waals surface area contributed by atoms with Gasteiger partial charge >= 0.3 is 0 Å². The Balaban J connectivity index is 1.67. The SMILES string of the molecule is CC(N)C1CCCN(C(=O)c2cccc(NC(=O)C3CC3)c2)C1. The standard InChI is InChI=1S/C18H25N3O2/c1-12(19)15-5-3-9-21(11-15)18(23)14-4-2-6-16(10-14)20-17(22)13-7-8-13/h2,4,6,10,12-13,15H,3,5,7-9,11,19H2,1H3,(H,20,22). The van der Waals surface area contributed by atoms with Crippen molar-refractivity contribution in [3.63, 3.8) is 0 Å². The zero-order valence-electron chi connectivity index (χ0n) is 13.6. The first-order valence-corrected chi connectivity index (χ1v) is 8.50. The van der Waals surface area contributed by atoms with Crippen LogP contribution in [-0.4, -0.2) is 35.8 Å². The highest BCUT2D eigenvalue weighted by molar-refractivity contribution is 5.98. The van der Waals surface area contributed by atoms with E-state index in [0.717, 1.165) is 38.8 Å². The predicted molar refractivity (Wildman–Crippen MR) is 90.1 cm³/mol. The van der Waals surface area contributed by atoms with E-state index >= 15 is 0 Å². The third kappa shape index (κ3) is 3.91. The largest absolute Gasteiger partial charge is 0.338 e. The molecule has 1 saturated heterocycles. The van der Waals surface area contributed by atoms with Crippen LogP contribution in [0.5, 0.6) is 0 Å². The molecule has 2 amide bonds. The van der Waals surface area contributed by atoms with Crippen LogP contribution in [0.4, 0.5) is 5.69 Å². The highest BCUT2D eigenvalue weighted by Crippen LogP contribution is 2.30. The van der Waals surface area contributed by atoms with Crippen molar-refractivity contribution in [2.24, 2.45) is 17.6 Å². The minimum Gasteiger partial charge on any atom is -0.338 e. The quantitative estimate of drug-likeness (QED) is 0.894. The van der Waals surface area contributed by atoms with E-state index in [0.29, 0.717) is 17.2 Å². The summed E-state index contributed by atoms with van der Waals surface area (Å²) in [7, 11) is 0. The normalized spacial score (nSPS) is 22.5. The molecular weight excluding hydrogens is 290 g/mol. The lowest BCUT2D eigenvalue weighted by molar-refractivity contribution is -0.117. The van der Waals surface area contributed by atoms with Gasteiger partial charge in [-0.3, -0.25) is 9.59 Å². The molecule has 1 heterocycles. The van der Waals surface area contributed by atoms with E-state index in [2.05, 4.69) is 5.32 Å². The van der Waals surface area contributed by atoms with Crippen LogP contribution in [0.2, 0.25) is 0 Å². The maximum atomic E-state index is 12.7. The summed E-state index contributed by atoms with van der Waals surface area (Å²) in [6.45, 7) is 3.50. The molecule has 2 atom stereocenters. The van der Waals surface area contributed by atoms with Gasteiger partial charge in [0.2, 0.25) is 5.91 Å². The number of anilines is 1. The summed E-state index contributed by atoms with van der Waals surface area (Å²) in [4.78, 5) is 26.5. The molecule has 5 heteroatoms. The molecule has 2 unspecified atom stereocenters. The lowest BCUT2D eigenvalue weighted by atomic mass is 9.92. The molecule has 1 saturated carbocycles. The van der Waals surface area contributed by atoms with Crippen LogP contribution in [0.3, 0.4) is 0 Å². The average molecular weight is 315 g/mol. The molecule has 124 valence electrons. The van der Waals surface area contributed by atoms with Crippen molar-refractivity contribution in [2.45, 2.75) is 38.6 Å². The zero-order chi connectivity index (χ0) is 16.4. The molecule has 2 fully saturated rings. The van der Waals surface area contributed by atoms with Crippen LogP contribution in [0.1, 0.15) is 43.0 Å². The second kappa shape index (κ2) is 6.71. The van der Waals surface area contributed by atoms with Crippen molar-refractivity contribution < 1.29 is 9.59 Å². The van der Waals surface area contributed by atoms with Gasteiger partial charge in [0.05, 0.1) is 0 Å². The number of carbonyl (C=O) groups excluding carboxylic acids is 2. The molecule has 1 aromatic rings. The fourth-order valence-corrected chi connectivity index (χ4v) is 3.13. The van der Waals surface area contributed by atoms with Gasteiger partial charge in [-0.15, -0.1) is 0 Å². The van der Waals surface area contributed by atoms with Crippen LogP contribution < -0.4 is 11.1 Å². The minimum atomic E-state index is 0.0258. The maximum absolute atomic E-state index is 12.7. The molecule has 5 nitrogen and oxygen atoms in total. The number of hydrogen-bond donors (Lipinski definition) is 2. The highest BCUT2D eigenvalue weighted by atomic mass is 16.2. The van der Waals surface area contributed by atoms with Gasteiger partial charge < -0.3 is 16.0 Å². The van der Waals surface area contributed by atoms with E-state index < -0.39 is 0 Å². The smallest absolute Gasteiger partial charge is 0.253 e. The van der Waals surface area contributed by atoms with Gasteiger partial charge in [0.25, 0.3) is 5.91 Å². The Morgan fingerprint density at radius 3 is 2.78 bits per heavy atom. The van der Waals surface area contributed by atoms with Crippen LogP contribution >= 0.6 is 0 Å². The number of nitrogens with two attached hydrogens (primary N) is 1. The molecule has 3 N–H and O–H groups in total. The van der Waals surface area contributed by atoms with Crippen LogP contribution in [0.25, 0.3) is 0 Å². The fraction of sp³-hybridized carbons (Fsp3) is 0.556. The van der Waals surface area contributed by atoms with Gasteiger partial charge in [-0.1, -0.05) is 6.07 Å². The first-order valence-electron chi connectivity index (χ1n) is 8.50. The number of piperidine rings is 1. The molecule has 0 radical (unpaired) electrons. The van der Waals surface area contributed by atoms with Gasteiger partial charge in [0.1, 0.15) is 0 Å². The molecule has 23 heavy (non-hydrogen) atoms. The first-order chi connectivity index (χ1) is 11.0. The molecule has 3 rings (SSSR count). The number of nitrogens with one attached hydrogen (secondary N) is 1. The lowest BCUT2D eigenvalue weighted by Gasteiger charge is -2.34. The third-order valence-electron chi connectivity index (χ3n) is 4.81. The molecule has 0 spiro atoms. The van der Waals surface area contributed by atoms with E-state index in [1.807, 2.05) is 30.0 Å². The van der Waals surface area contributed by atoms with Gasteiger partial charge in [0, 0.05) is 36.3 Å². The number of hydrogen-bond acceptors (Lipinski definition) is 3. The molecule has 1 aliphatic carbocycles. The van der Waals surface area contributed by atoms with E-state index in [9.17, 15) is 9.59 Å². The van der Waals surface area contributed by atoms with Crippen molar-refractivity contribution in [1.29, 1.82) is 0 Å². The lowest BCUT2D eigenvalue weighted by Crippen LogP contribution is -2.45. The average Bonchev–Trinajstić information content (AvgIpc) is 3.39. The van der Waals surface area contributed by atoms with Crippen molar-refractivity contribution in [2.75, 3.05) is 18.4 Å². The molecular formula is C18H25N3O2.